The van der Waals surface area contributed by atoms with Crippen LogP contribution >= 0.6 is 7.52 Å². The van der Waals surface area contributed by atoms with Crippen LogP contribution in [0.15, 0.2) is 60.7 Å². The van der Waals surface area contributed by atoms with Gasteiger partial charge in [0.2, 0.25) is 0 Å². The van der Waals surface area contributed by atoms with Gasteiger partial charge in [0.15, 0.2) is 6.10 Å². The van der Waals surface area contributed by atoms with Crippen LogP contribution in [-0.4, -0.2) is 25.3 Å². The average Bonchev–Trinajstić information content (AvgIpc) is 2.67. The highest BCUT2D eigenvalue weighted by atomic mass is 31.2. The van der Waals surface area contributed by atoms with Gasteiger partial charge in [0, 0.05) is 0 Å². The summed E-state index contributed by atoms with van der Waals surface area (Å²) in [5.41, 5.74) is 0.779. The van der Waals surface area contributed by atoms with Gasteiger partial charge in [0.1, 0.15) is 6.61 Å². The highest BCUT2D eigenvalue weighted by Gasteiger charge is 2.34. The number of rotatable bonds is 7. The van der Waals surface area contributed by atoms with E-state index >= 15 is 0 Å². The zero-order valence-electron chi connectivity index (χ0n) is 14.5. The van der Waals surface area contributed by atoms with Gasteiger partial charge in [0.25, 0.3) is 0 Å². The summed E-state index contributed by atoms with van der Waals surface area (Å²) in [5, 5.41) is 2.48. The molecule has 0 spiro atoms. The standard InChI is InChI=1S/C18H20NO6P/c1-14(17(20)23-2)25-26(22,16-11-7-4-8-12-16)19-18(21)24-13-15-9-5-3-6-10-15/h3-12,14H,13H2,1-2H3,(H,19,21,22). The molecule has 0 heterocycles. The van der Waals surface area contributed by atoms with E-state index in [1.54, 1.807) is 30.3 Å². The Morgan fingerprint density at radius 1 is 1.04 bits per heavy atom. The van der Waals surface area contributed by atoms with Gasteiger partial charge in [-0.3, -0.25) is 9.09 Å². The summed E-state index contributed by atoms with van der Waals surface area (Å²) in [6.07, 6.45) is -2.06. The minimum atomic E-state index is -3.90. The van der Waals surface area contributed by atoms with Crippen molar-refractivity contribution in [3.8, 4) is 0 Å². The van der Waals surface area contributed by atoms with Crippen LogP contribution in [0.5, 0.6) is 0 Å². The maximum Gasteiger partial charge on any atom is 0.414 e. The molecule has 0 fully saturated rings. The minimum absolute atomic E-state index is 0.00795. The van der Waals surface area contributed by atoms with Crippen LogP contribution in [0.4, 0.5) is 4.79 Å². The number of hydrogen-bond donors (Lipinski definition) is 1. The van der Waals surface area contributed by atoms with Crippen LogP contribution in [0.3, 0.4) is 0 Å². The monoisotopic (exact) mass is 377 g/mol. The molecule has 2 aromatic rings. The molecule has 0 saturated carbocycles. The molecule has 0 aliphatic rings. The van der Waals surface area contributed by atoms with Crippen LogP contribution in [0.25, 0.3) is 0 Å². The van der Waals surface area contributed by atoms with Gasteiger partial charge in [-0.25, -0.2) is 14.7 Å². The third-order valence-electron chi connectivity index (χ3n) is 3.39. The van der Waals surface area contributed by atoms with Gasteiger partial charge in [-0.15, -0.1) is 0 Å². The van der Waals surface area contributed by atoms with Crippen LogP contribution in [0, 0.1) is 0 Å². The van der Waals surface area contributed by atoms with Gasteiger partial charge in [-0.1, -0.05) is 48.5 Å². The molecular formula is C18H20NO6P. The molecule has 0 aliphatic heterocycles. The molecule has 8 heteroatoms. The molecule has 2 rings (SSSR count). The summed E-state index contributed by atoms with van der Waals surface area (Å²) in [4.78, 5) is 23.7. The first kappa shape index (κ1) is 19.7. The van der Waals surface area contributed by atoms with Crippen molar-refractivity contribution in [2.24, 2.45) is 0 Å². The van der Waals surface area contributed by atoms with Gasteiger partial charge < -0.3 is 9.47 Å². The Hall–Kier alpha value is -2.63. The number of amides is 1. The molecule has 138 valence electrons. The fourth-order valence-electron chi connectivity index (χ4n) is 2.08. The van der Waals surface area contributed by atoms with Gasteiger partial charge in [-0.2, -0.15) is 0 Å². The summed E-state index contributed by atoms with van der Waals surface area (Å²) in [6.45, 7) is 1.40. The molecule has 0 saturated heterocycles. The van der Waals surface area contributed by atoms with E-state index in [1.807, 2.05) is 18.2 Å². The zero-order valence-corrected chi connectivity index (χ0v) is 15.3. The highest BCUT2D eigenvalue weighted by molar-refractivity contribution is 7.65. The van der Waals surface area contributed by atoms with Crippen LogP contribution < -0.4 is 10.4 Å². The van der Waals surface area contributed by atoms with Crippen molar-refractivity contribution in [3.05, 3.63) is 66.2 Å². The molecule has 26 heavy (non-hydrogen) atoms. The van der Waals surface area contributed by atoms with Crippen molar-refractivity contribution in [1.29, 1.82) is 0 Å². The van der Waals surface area contributed by atoms with E-state index in [9.17, 15) is 14.2 Å². The molecule has 2 atom stereocenters. The van der Waals surface area contributed by atoms with Crippen molar-refractivity contribution in [2.75, 3.05) is 7.11 Å². The molecule has 0 aliphatic carbocycles. The van der Waals surface area contributed by atoms with Crippen molar-refractivity contribution in [3.63, 3.8) is 0 Å². The Kier molecular flexibility index (Phi) is 6.95. The molecule has 0 aromatic heterocycles. The second kappa shape index (κ2) is 9.17. The highest BCUT2D eigenvalue weighted by Crippen LogP contribution is 2.42. The van der Waals surface area contributed by atoms with Crippen LogP contribution in [0.2, 0.25) is 0 Å². The Morgan fingerprint density at radius 2 is 1.62 bits per heavy atom. The number of benzene rings is 2. The van der Waals surface area contributed by atoms with Gasteiger partial charge in [0.05, 0.1) is 12.4 Å². The quantitative estimate of drug-likeness (QED) is 0.589. The second-order valence-corrected chi connectivity index (χ2v) is 7.39. The normalized spacial score (nSPS) is 13.9. The summed E-state index contributed by atoms with van der Waals surface area (Å²) in [6, 6.07) is 17.1. The summed E-state index contributed by atoms with van der Waals surface area (Å²) < 4.78 is 28.3. The van der Waals surface area contributed by atoms with Crippen molar-refractivity contribution < 1.29 is 28.2 Å². The number of methoxy groups -OCH3 is 1. The Balaban J connectivity index is 2.12. The fraction of sp³-hybridized carbons (Fsp3) is 0.222. The molecule has 7 nitrogen and oxygen atoms in total. The molecule has 2 aromatic carbocycles. The molecular weight excluding hydrogens is 357 g/mol. The van der Waals surface area contributed by atoms with Crippen molar-refractivity contribution in [1.82, 2.24) is 5.09 Å². The summed E-state index contributed by atoms with van der Waals surface area (Å²) >= 11 is 0. The Morgan fingerprint density at radius 3 is 2.19 bits per heavy atom. The number of esters is 1. The van der Waals surface area contributed by atoms with Gasteiger partial charge >= 0.3 is 19.6 Å². The SMILES string of the molecule is COC(=O)C(C)OP(=O)(NC(=O)OCc1ccccc1)c1ccccc1. The zero-order chi connectivity index (χ0) is 19.0. The van der Waals surface area contributed by atoms with E-state index in [4.69, 9.17) is 9.26 Å². The maximum absolute atomic E-state index is 13.2. The molecule has 0 radical (unpaired) electrons. The van der Waals surface area contributed by atoms with E-state index < -0.39 is 25.7 Å². The third-order valence-corrected chi connectivity index (χ3v) is 5.46. The predicted molar refractivity (Wildman–Crippen MR) is 96.0 cm³/mol. The smallest absolute Gasteiger partial charge is 0.414 e. The lowest BCUT2D eigenvalue weighted by Gasteiger charge is -2.22. The number of carbonyl (C=O) groups is 2. The van der Waals surface area contributed by atoms with E-state index in [1.165, 1.54) is 26.2 Å². The number of hydrogen-bond acceptors (Lipinski definition) is 6. The summed E-state index contributed by atoms with van der Waals surface area (Å²) in [5.74, 6) is -0.708. The fourth-order valence-corrected chi connectivity index (χ4v) is 3.79. The predicted octanol–water partition coefficient (Wildman–Crippen LogP) is 3.01. The van der Waals surface area contributed by atoms with E-state index in [0.717, 1.165) is 5.56 Å². The van der Waals surface area contributed by atoms with E-state index in [-0.39, 0.29) is 11.9 Å². The maximum atomic E-state index is 13.2. The lowest BCUT2D eigenvalue weighted by atomic mass is 10.2. The summed E-state index contributed by atoms with van der Waals surface area (Å²) in [7, 11) is -2.71. The lowest BCUT2D eigenvalue weighted by molar-refractivity contribution is -0.147. The van der Waals surface area contributed by atoms with Crippen molar-refractivity contribution >= 4 is 24.9 Å². The lowest BCUT2D eigenvalue weighted by Crippen LogP contribution is -2.32. The largest absolute Gasteiger partial charge is 0.467 e. The average molecular weight is 377 g/mol. The van der Waals surface area contributed by atoms with Crippen LogP contribution in [-0.2, 0) is 30.0 Å². The first-order chi connectivity index (χ1) is 12.4. The minimum Gasteiger partial charge on any atom is -0.467 e. The molecule has 2 unspecified atom stereocenters. The van der Waals surface area contributed by atoms with Crippen molar-refractivity contribution in [2.45, 2.75) is 19.6 Å². The molecule has 0 bridgehead atoms. The number of ether oxygens (including phenoxy) is 2. The van der Waals surface area contributed by atoms with E-state index in [0.29, 0.717) is 0 Å². The Bertz CT molecular complexity index is 781. The van der Waals surface area contributed by atoms with Gasteiger partial charge in [-0.05, 0) is 24.6 Å². The van der Waals surface area contributed by atoms with E-state index in [2.05, 4.69) is 9.82 Å². The third kappa shape index (κ3) is 5.44. The van der Waals surface area contributed by atoms with Crippen LogP contribution in [0.1, 0.15) is 12.5 Å². The Labute approximate surface area is 151 Å². The first-order valence-corrected chi connectivity index (χ1v) is 9.48. The molecule has 1 N–H and O–H groups in total. The number of nitrogens with one attached hydrogen (secondary N) is 1. The first-order valence-electron chi connectivity index (χ1n) is 7.85. The number of carbonyl (C=O) groups excluding carboxylic acids is 2. The second-order valence-electron chi connectivity index (χ2n) is 5.33. The topological polar surface area (TPSA) is 90.9 Å². The molecule has 1 amide bonds.